The third-order valence-corrected chi connectivity index (χ3v) is 5.30. The molecule has 4 rings (SSSR count). The van der Waals surface area contributed by atoms with Crippen molar-refractivity contribution in [2.45, 2.75) is 12.8 Å². The standard InChI is InChI=1S/C27H25N3O5/c31-22-7-3-6-20(16-22)26(33)29-14-4-13-28-25(32)15-18-9-11-21(12-10-18)30-27(34)24-17-19-5-1-2-8-23(19)35-24/h1-3,5-12,16-17,31H,4,13-15H2,(H,28,32)(H,29,33)(H,30,34). The Bertz CT molecular complexity index is 1310. The van der Waals surface area contributed by atoms with Gasteiger partial charge in [-0.2, -0.15) is 0 Å². The topological polar surface area (TPSA) is 121 Å². The minimum Gasteiger partial charge on any atom is -0.508 e. The number of hydrogen-bond donors (Lipinski definition) is 4. The number of phenolic OH excluding ortho intramolecular Hbond substituents is 1. The Kier molecular flexibility index (Phi) is 7.42. The van der Waals surface area contributed by atoms with Gasteiger partial charge in [-0.25, -0.2) is 0 Å². The number of anilines is 1. The molecule has 0 aliphatic carbocycles. The van der Waals surface area contributed by atoms with Crippen LogP contribution in [-0.4, -0.2) is 35.9 Å². The molecule has 0 aliphatic rings. The molecule has 8 nitrogen and oxygen atoms in total. The molecule has 0 fully saturated rings. The minimum absolute atomic E-state index is 0.0338. The number of phenols is 1. The van der Waals surface area contributed by atoms with E-state index in [1.807, 2.05) is 18.2 Å². The molecule has 35 heavy (non-hydrogen) atoms. The normalized spacial score (nSPS) is 10.6. The number of para-hydroxylation sites is 1. The summed E-state index contributed by atoms with van der Waals surface area (Å²) in [5.74, 6) is -0.495. The third kappa shape index (κ3) is 6.48. The number of amides is 3. The lowest BCUT2D eigenvalue weighted by Crippen LogP contribution is -2.30. The van der Waals surface area contributed by atoms with Crippen molar-refractivity contribution in [1.82, 2.24) is 10.6 Å². The maximum absolute atomic E-state index is 12.4. The van der Waals surface area contributed by atoms with Gasteiger partial charge in [0.2, 0.25) is 5.91 Å². The molecule has 4 N–H and O–H groups in total. The lowest BCUT2D eigenvalue weighted by Gasteiger charge is -2.08. The summed E-state index contributed by atoms with van der Waals surface area (Å²) < 4.78 is 5.58. The summed E-state index contributed by atoms with van der Waals surface area (Å²) in [5, 5.41) is 18.6. The molecule has 1 aromatic heterocycles. The van der Waals surface area contributed by atoms with E-state index < -0.39 is 0 Å². The van der Waals surface area contributed by atoms with Crippen LogP contribution in [0.4, 0.5) is 5.69 Å². The molecule has 3 amide bonds. The van der Waals surface area contributed by atoms with Crippen molar-refractivity contribution < 1.29 is 23.9 Å². The summed E-state index contributed by atoms with van der Waals surface area (Å²) >= 11 is 0. The first-order chi connectivity index (χ1) is 17.0. The maximum Gasteiger partial charge on any atom is 0.291 e. The first-order valence-electron chi connectivity index (χ1n) is 11.2. The van der Waals surface area contributed by atoms with Gasteiger partial charge in [0, 0.05) is 29.7 Å². The summed E-state index contributed by atoms with van der Waals surface area (Å²) in [5.41, 5.74) is 2.44. The van der Waals surface area contributed by atoms with Crippen LogP contribution in [0.3, 0.4) is 0 Å². The summed E-state index contributed by atoms with van der Waals surface area (Å²) in [6.07, 6.45) is 0.774. The fourth-order valence-corrected chi connectivity index (χ4v) is 3.51. The van der Waals surface area contributed by atoms with Crippen LogP contribution < -0.4 is 16.0 Å². The van der Waals surface area contributed by atoms with E-state index in [1.54, 1.807) is 48.5 Å². The highest BCUT2D eigenvalue weighted by molar-refractivity contribution is 6.04. The smallest absolute Gasteiger partial charge is 0.291 e. The van der Waals surface area contributed by atoms with Gasteiger partial charge in [-0.1, -0.05) is 36.4 Å². The monoisotopic (exact) mass is 471 g/mol. The molecule has 178 valence electrons. The minimum atomic E-state index is -0.345. The highest BCUT2D eigenvalue weighted by atomic mass is 16.3. The number of furan rings is 1. The highest BCUT2D eigenvalue weighted by Crippen LogP contribution is 2.20. The van der Waals surface area contributed by atoms with Crippen LogP contribution in [0.15, 0.2) is 83.3 Å². The average molecular weight is 472 g/mol. The molecule has 0 spiro atoms. The van der Waals surface area contributed by atoms with Crippen molar-refractivity contribution in [3.8, 4) is 5.75 Å². The van der Waals surface area contributed by atoms with E-state index in [4.69, 9.17) is 4.42 Å². The summed E-state index contributed by atoms with van der Waals surface area (Å²) in [7, 11) is 0. The van der Waals surface area contributed by atoms with E-state index in [2.05, 4.69) is 16.0 Å². The molecule has 8 heteroatoms. The van der Waals surface area contributed by atoms with Crippen LogP contribution in [0.5, 0.6) is 5.75 Å². The molecule has 0 saturated heterocycles. The zero-order chi connectivity index (χ0) is 24.6. The van der Waals surface area contributed by atoms with Crippen LogP contribution in [0.2, 0.25) is 0 Å². The van der Waals surface area contributed by atoms with Gasteiger partial charge >= 0.3 is 0 Å². The van der Waals surface area contributed by atoms with Crippen LogP contribution >= 0.6 is 0 Å². The number of hydrogen-bond acceptors (Lipinski definition) is 5. The van der Waals surface area contributed by atoms with Crippen molar-refractivity contribution in [2.24, 2.45) is 0 Å². The Labute approximate surface area is 202 Å². The average Bonchev–Trinajstić information content (AvgIpc) is 3.29. The lowest BCUT2D eigenvalue weighted by atomic mass is 10.1. The number of fused-ring (bicyclic) bond motifs is 1. The van der Waals surface area contributed by atoms with Gasteiger partial charge in [0.25, 0.3) is 11.8 Å². The SMILES string of the molecule is O=C(Cc1ccc(NC(=O)c2cc3ccccc3o2)cc1)NCCCNC(=O)c1cccc(O)c1. The van der Waals surface area contributed by atoms with E-state index in [9.17, 15) is 19.5 Å². The summed E-state index contributed by atoms with van der Waals surface area (Å²) in [4.78, 5) is 36.7. The van der Waals surface area contributed by atoms with E-state index in [0.29, 0.717) is 36.3 Å². The van der Waals surface area contributed by atoms with Crippen LogP contribution in [-0.2, 0) is 11.2 Å². The highest BCUT2D eigenvalue weighted by Gasteiger charge is 2.12. The van der Waals surface area contributed by atoms with Gasteiger partial charge in [-0.15, -0.1) is 0 Å². The molecule has 0 radical (unpaired) electrons. The maximum atomic E-state index is 12.4. The molecular weight excluding hydrogens is 446 g/mol. The van der Waals surface area contributed by atoms with Crippen LogP contribution in [0, 0.1) is 0 Å². The van der Waals surface area contributed by atoms with E-state index in [1.165, 1.54) is 12.1 Å². The lowest BCUT2D eigenvalue weighted by molar-refractivity contribution is -0.120. The van der Waals surface area contributed by atoms with Crippen molar-refractivity contribution in [1.29, 1.82) is 0 Å². The van der Waals surface area contributed by atoms with Gasteiger partial charge in [0.15, 0.2) is 5.76 Å². The quantitative estimate of drug-likeness (QED) is 0.276. The molecular formula is C27H25N3O5. The molecule has 0 unspecified atom stereocenters. The summed E-state index contributed by atoms with van der Waals surface area (Å²) in [6.45, 7) is 0.819. The zero-order valence-corrected chi connectivity index (χ0v) is 18.9. The second-order valence-electron chi connectivity index (χ2n) is 7.99. The van der Waals surface area contributed by atoms with E-state index in [-0.39, 0.29) is 35.7 Å². The number of aromatic hydroxyl groups is 1. The number of rotatable bonds is 9. The molecule has 3 aromatic carbocycles. The van der Waals surface area contributed by atoms with Crippen molar-refractivity contribution >= 4 is 34.4 Å². The van der Waals surface area contributed by atoms with Gasteiger partial charge in [-0.3, -0.25) is 14.4 Å². The van der Waals surface area contributed by atoms with Gasteiger partial charge < -0.3 is 25.5 Å². The number of carbonyl (C=O) groups excluding carboxylic acids is 3. The fourth-order valence-electron chi connectivity index (χ4n) is 3.51. The first-order valence-corrected chi connectivity index (χ1v) is 11.2. The van der Waals surface area contributed by atoms with E-state index in [0.717, 1.165) is 10.9 Å². The third-order valence-electron chi connectivity index (χ3n) is 5.30. The first kappa shape index (κ1) is 23.6. The number of carbonyl (C=O) groups is 3. The Morgan fingerprint density at radius 2 is 1.57 bits per heavy atom. The second kappa shape index (κ2) is 11.0. The van der Waals surface area contributed by atoms with Crippen LogP contribution in [0.25, 0.3) is 11.0 Å². The molecule has 1 heterocycles. The van der Waals surface area contributed by atoms with Gasteiger partial charge in [-0.05, 0) is 54.4 Å². The van der Waals surface area contributed by atoms with Crippen molar-refractivity contribution in [3.05, 3.63) is 95.7 Å². The Hall–Kier alpha value is -4.59. The predicted molar refractivity (Wildman–Crippen MR) is 132 cm³/mol. The van der Waals surface area contributed by atoms with Gasteiger partial charge in [0.1, 0.15) is 11.3 Å². The Balaban J connectivity index is 1.17. The zero-order valence-electron chi connectivity index (χ0n) is 18.9. The number of nitrogens with one attached hydrogen (secondary N) is 3. The number of benzene rings is 3. The van der Waals surface area contributed by atoms with Crippen molar-refractivity contribution in [3.63, 3.8) is 0 Å². The molecule has 4 aromatic rings. The Morgan fingerprint density at radius 1 is 0.800 bits per heavy atom. The van der Waals surface area contributed by atoms with E-state index >= 15 is 0 Å². The Morgan fingerprint density at radius 3 is 2.34 bits per heavy atom. The molecule has 0 bridgehead atoms. The molecule has 0 saturated carbocycles. The largest absolute Gasteiger partial charge is 0.508 e. The van der Waals surface area contributed by atoms with Crippen molar-refractivity contribution in [2.75, 3.05) is 18.4 Å². The second-order valence-corrected chi connectivity index (χ2v) is 7.99. The van der Waals surface area contributed by atoms with Gasteiger partial charge in [0.05, 0.1) is 6.42 Å². The van der Waals surface area contributed by atoms with Crippen LogP contribution in [0.1, 0.15) is 32.9 Å². The molecule has 0 atom stereocenters. The predicted octanol–water partition coefficient (Wildman–Crippen LogP) is 3.87. The summed E-state index contributed by atoms with van der Waals surface area (Å²) in [6, 6.07) is 22.3. The fraction of sp³-hybridized carbons (Fsp3) is 0.148. The molecule has 0 aliphatic heterocycles.